The molecule has 0 fully saturated rings. The third-order valence-corrected chi connectivity index (χ3v) is 5.25. The fourth-order valence-corrected chi connectivity index (χ4v) is 3.76. The molecule has 0 radical (unpaired) electrons. The van der Waals surface area contributed by atoms with Crippen LogP contribution in [-0.4, -0.2) is 33.3 Å². The van der Waals surface area contributed by atoms with Crippen molar-refractivity contribution in [2.45, 2.75) is 0 Å². The van der Waals surface area contributed by atoms with Crippen LogP contribution in [0.1, 0.15) is 20.8 Å². The van der Waals surface area contributed by atoms with Crippen LogP contribution in [0.3, 0.4) is 0 Å². The minimum atomic E-state index is -0.494. The molecule has 2 aromatic carbocycles. The number of nitrogens with zero attached hydrogens (tertiary/aromatic N) is 3. The monoisotopic (exact) mass is 493 g/mol. The molecular weight excluding hydrogens is 474 g/mol. The molecule has 9 heteroatoms. The molecule has 32 heavy (non-hydrogen) atoms. The summed E-state index contributed by atoms with van der Waals surface area (Å²) in [7, 11) is 3.32. The van der Waals surface area contributed by atoms with Crippen LogP contribution in [0.4, 0.5) is 0 Å². The molecule has 2 aromatic heterocycles. The van der Waals surface area contributed by atoms with Gasteiger partial charge < -0.3 is 9.30 Å². The van der Waals surface area contributed by atoms with E-state index >= 15 is 0 Å². The number of ether oxygens (including phenoxy) is 1. The van der Waals surface area contributed by atoms with Crippen LogP contribution < -0.4 is 15.6 Å². The van der Waals surface area contributed by atoms with E-state index in [0.29, 0.717) is 28.3 Å². The quantitative estimate of drug-likeness (QED) is 0.414. The number of hydrazine groups is 1. The number of methoxy groups -OCH3 is 1. The number of carbonyl (C=O) groups excluding carboxylic acids is 2. The smallest absolute Gasteiger partial charge is 0.286 e. The first-order valence-corrected chi connectivity index (χ1v) is 10.5. The van der Waals surface area contributed by atoms with Gasteiger partial charge in [-0.15, -0.1) is 0 Å². The molecule has 0 spiro atoms. The molecule has 2 amide bonds. The number of aromatic nitrogens is 3. The average Bonchev–Trinajstić information content (AvgIpc) is 3.41. The van der Waals surface area contributed by atoms with E-state index in [2.05, 4.69) is 31.9 Å². The normalized spacial score (nSPS) is 10.6. The maximum Gasteiger partial charge on any atom is 0.286 e. The summed E-state index contributed by atoms with van der Waals surface area (Å²) < 4.78 is 9.35. The highest BCUT2D eigenvalue weighted by molar-refractivity contribution is 9.10. The van der Waals surface area contributed by atoms with Gasteiger partial charge in [0.2, 0.25) is 0 Å². The molecule has 0 aliphatic rings. The van der Waals surface area contributed by atoms with E-state index in [-0.39, 0.29) is 0 Å². The SMILES string of the molecule is COc1cccc(-c2nn(-c3ccccc3)cc2C(=O)NNC(=O)c2cc(Br)cn2C)c1. The van der Waals surface area contributed by atoms with Crippen molar-refractivity contribution >= 4 is 27.7 Å². The van der Waals surface area contributed by atoms with Crippen LogP contribution in [0.2, 0.25) is 0 Å². The first-order chi connectivity index (χ1) is 15.5. The molecule has 8 nitrogen and oxygen atoms in total. The predicted molar refractivity (Wildman–Crippen MR) is 124 cm³/mol. The van der Waals surface area contributed by atoms with E-state index in [0.717, 1.165) is 10.2 Å². The largest absolute Gasteiger partial charge is 0.497 e. The molecule has 0 aliphatic carbocycles. The van der Waals surface area contributed by atoms with Crippen molar-refractivity contribution in [1.82, 2.24) is 25.2 Å². The molecule has 4 rings (SSSR count). The van der Waals surface area contributed by atoms with Crippen LogP contribution in [0.25, 0.3) is 16.9 Å². The number of para-hydroxylation sites is 1. The highest BCUT2D eigenvalue weighted by Crippen LogP contribution is 2.27. The van der Waals surface area contributed by atoms with Crippen LogP contribution in [0.15, 0.2) is 77.5 Å². The maximum absolute atomic E-state index is 13.0. The van der Waals surface area contributed by atoms with Gasteiger partial charge in [0.25, 0.3) is 11.8 Å². The molecule has 0 bridgehead atoms. The number of benzene rings is 2. The van der Waals surface area contributed by atoms with Gasteiger partial charge in [-0.05, 0) is 46.3 Å². The number of rotatable bonds is 5. The van der Waals surface area contributed by atoms with Gasteiger partial charge in [-0.25, -0.2) is 4.68 Å². The van der Waals surface area contributed by atoms with Crippen molar-refractivity contribution in [3.8, 4) is 22.7 Å². The predicted octanol–water partition coefficient (Wildman–Crippen LogP) is 3.72. The van der Waals surface area contributed by atoms with Crippen molar-refractivity contribution < 1.29 is 14.3 Å². The first kappa shape index (κ1) is 21.4. The fourth-order valence-electron chi connectivity index (χ4n) is 3.23. The Morgan fingerprint density at radius 3 is 2.41 bits per heavy atom. The Morgan fingerprint density at radius 1 is 0.969 bits per heavy atom. The van der Waals surface area contributed by atoms with Crippen molar-refractivity contribution in [3.05, 3.63) is 88.8 Å². The topological polar surface area (TPSA) is 90.2 Å². The van der Waals surface area contributed by atoms with Crippen molar-refractivity contribution in [2.24, 2.45) is 7.05 Å². The Bertz CT molecular complexity index is 1280. The molecule has 0 unspecified atom stereocenters. The zero-order valence-corrected chi connectivity index (χ0v) is 19.0. The summed E-state index contributed by atoms with van der Waals surface area (Å²) in [5, 5.41) is 4.63. The van der Waals surface area contributed by atoms with Crippen molar-refractivity contribution in [3.63, 3.8) is 0 Å². The molecule has 2 N–H and O–H groups in total. The Morgan fingerprint density at radius 2 is 1.72 bits per heavy atom. The van der Waals surface area contributed by atoms with Crippen LogP contribution >= 0.6 is 15.9 Å². The summed E-state index contributed by atoms with van der Waals surface area (Å²) in [6.07, 6.45) is 3.38. The van der Waals surface area contributed by atoms with E-state index in [9.17, 15) is 9.59 Å². The number of hydrogen-bond donors (Lipinski definition) is 2. The zero-order chi connectivity index (χ0) is 22.7. The highest BCUT2D eigenvalue weighted by atomic mass is 79.9. The molecule has 2 heterocycles. The zero-order valence-electron chi connectivity index (χ0n) is 17.4. The first-order valence-electron chi connectivity index (χ1n) is 9.68. The lowest BCUT2D eigenvalue weighted by Crippen LogP contribution is -2.42. The minimum absolute atomic E-state index is 0.301. The second-order valence-corrected chi connectivity index (χ2v) is 7.88. The van der Waals surface area contributed by atoms with Gasteiger partial charge in [0, 0.05) is 29.5 Å². The number of aryl methyl sites for hydroxylation is 1. The minimum Gasteiger partial charge on any atom is -0.497 e. The number of carbonyl (C=O) groups is 2. The third kappa shape index (κ3) is 4.42. The molecule has 4 aromatic rings. The van der Waals surface area contributed by atoms with Crippen molar-refractivity contribution in [1.29, 1.82) is 0 Å². The number of nitrogens with one attached hydrogen (secondary N) is 2. The van der Waals surface area contributed by atoms with Gasteiger partial charge in [0.15, 0.2) is 0 Å². The van der Waals surface area contributed by atoms with Gasteiger partial charge in [0.05, 0.1) is 18.4 Å². The summed E-state index contributed by atoms with van der Waals surface area (Å²) in [5.74, 6) is -0.290. The van der Waals surface area contributed by atoms with Crippen LogP contribution in [-0.2, 0) is 7.05 Å². The Hall–Kier alpha value is -3.85. The Kier molecular flexibility index (Phi) is 6.09. The van der Waals surface area contributed by atoms with Crippen LogP contribution in [0, 0.1) is 0 Å². The van der Waals surface area contributed by atoms with E-state index in [1.165, 1.54) is 0 Å². The summed E-state index contributed by atoms with van der Waals surface area (Å²) in [5.41, 5.74) is 7.61. The standard InChI is InChI=1S/C23H20BrN5O3/c1-28-13-16(24)12-20(28)23(31)26-25-22(30)19-14-29(17-8-4-3-5-9-17)27-21(19)15-7-6-10-18(11-15)32-2/h3-14H,1-2H3,(H,25,30)(H,26,31). The maximum atomic E-state index is 13.0. The van der Waals surface area contributed by atoms with E-state index in [1.54, 1.807) is 47.9 Å². The lowest BCUT2D eigenvalue weighted by Gasteiger charge is -2.08. The number of amides is 2. The lowest BCUT2D eigenvalue weighted by atomic mass is 10.1. The van der Waals surface area contributed by atoms with Gasteiger partial charge in [-0.2, -0.15) is 5.10 Å². The third-order valence-electron chi connectivity index (χ3n) is 4.82. The van der Waals surface area contributed by atoms with Gasteiger partial charge in [0.1, 0.15) is 17.1 Å². The van der Waals surface area contributed by atoms with Gasteiger partial charge in [-0.1, -0.05) is 30.3 Å². The highest BCUT2D eigenvalue weighted by Gasteiger charge is 2.20. The molecule has 0 aliphatic heterocycles. The number of hydrogen-bond acceptors (Lipinski definition) is 4. The molecule has 0 saturated heterocycles. The summed E-state index contributed by atoms with van der Waals surface area (Å²) in [6, 6.07) is 18.4. The Labute approximate surface area is 192 Å². The van der Waals surface area contributed by atoms with E-state index in [4.69, 9.17) is 4.74 Å². The van der Waals surface area contributed by atoms with Gasteiger partial charge >= 0.3 is 0 Å². The fraction of sp³-hybridized carbons (Fsp3) is 0.0870. The molecule has 162 valence electrons. The van der Waals surface area contributed by atoms with Crippen LogP contribution in [0.5, 0.6) is 5.75 Å². The van der Waals surface area contributed by atoms with E-state index in [1.807, 2.05) is 48.5 Å². The van der Waals surface area contributed by atoms with Crippen molar-refractivity contribution in [2.75, 3.05) is 7.11 Å². The molecule has 0 saturated carbocycles. The average molecular weight is 494 g/mol. The van der Waals surface area contributed by atoms with E-state index < -0.39 is 11.8 Å². The second-order valence-electron chi connectivity index (χ2n) is 6.97. The summed E-state index contributed by atoms with van der Waals surface area (Å²) in [4.78, 5) is 25.5. The summed E-state index contributed by atoms with van der Waals surface area (Å²) >= 11 is 3.33. The number of halogens is 1. The Balaban J connectivity index is 1.65. The summed E-state index contributed by atoms with van der Waals surface area (Å²) in [6.45, 7) is 0. The molecule has 0 atom stereocenters. The van der Waals surface area contributed by atoms with Gasteiger partial charge in [-0.3, -0.25) is 20.4 Å². The second kappa shape index (κ2) is 9.11. The lowest BCUT2D eigenvalue weighted by molar-refractivity contribution is 0.0842. The molecular formula is C23H20BrN5O3.